The molecule has 34 heavy (non-hydrogen) atoms. The summed E-state index contributed by atoms with van der Waals surface area (Å²) in [5.74, 6) is -0.128. The second kappa shape index (κ2) is 8.21. The molecule has 8 nitrogen and oxygen atoms in total. The van der Waals surface area contributed by atoms with Crippen LogP contribution >= 0.6 is 11.3 Å². The summed E-state index contributed by atoms with van der Waals surface area (Å²) in [6, 6.07) is 9.40. The lowest BCUT2D eigenvalue weighted by Crippen LogP contribution is -2.30. The fourth-order valence-electron chi connectivity index (χ4n) is 4.76. The number of aryl methyl sites for hydroxylation is 2. The Hall–Kier alpha value is -3.24. The van der Waals surface area contributed by atoms with E-state index in [1.807, 2.05) is 54.1 Å². The first-order valence-corrected chi connectivity index (χ1v) is 13.3. The van der Waals surface area contributed by atoms with Gasteiger partial charge < -0.3 is 0 Å². The average Bonchev–Trinajstić information content (AvgIpc) is 3.55. The van der Waals surface area contributed by atoms with Gasteiger partial charge in [-0.05, 0) is 51.8 Å². The Morgan fingerprint density at radius 3 is 2.62 bits per heavy atom. The molecule has 0 saturated heterocycles. The molecule has 0 bridgehead atoms. The number of carbonyl (C=O) groups is 1. The normalized spacial score (nSPS) is 13.5. The summed E-state index contributed by atoms with van der Waals surface area (Å²) in [4.78, 5) is 17.8. The van der Waals surface area contributed by atoms with Gasteiger partial charge in [-0.25, -0.2) is 13.4 Å². The molecule has 4 aromatic rings. The smallest absolute Gasteiger partial charge is 0.268 e. The van der Waals surface area contributed by atoms with Gasteiger partial charge >= 0.3 is 0 Å². The molecule has 10 heteroatoms. The van der Waals surface area contributed by atoms with Crippen LogP contribution in [0.4, 0.5) is 5.69 Å². The summed E-state index contributed by atoms with van der Waals surface area (Å²) in [7, 11) is -3.81. The molecule has 5 rings (SSSR count). The average molecular weight is 496 g/mol. The number of carbonyl (C=O) groups excluding carboxylic acids is 1. The van der Waals surface area contributed by atoms with E-state index in [0.29, 0.717) is 35.6 Å². The Labute approximate surface area is 202 Å². The van der Waals surface area contributed by atoms with Crippen LogP contribution in [0, 0.1) is 27.7 Å². The highest BCUT2D eigenvalue weighted by atomic mass is 32.2. The lowest BCUT2D eigenvalue weighted by molar-refractivity contribution is 0.0966. The van der Waals surface area contributed by atoms with Crippen LogP contribution in [-0.4, -0.2) is 40.1 Å². The zero-order valence-electron chi connectivity index (χ0n) is 19.4. The third-order valence-electron chi connectivity index (χ3n) is 6.34. The minimum absolute atomic E-state index is 0.0407. The molecule has 0 atom stereocenters. The van der Waals surface area contributed by atoms with E-state index in [9.17, 15) is 13.2 Å². The largest absolute Gasteiger partial charge is 0.294 e. The van der Waals surface area contributed by atoms with E-state index in [4.69, 9.17) is 0 Å². The Kier molecular flexibility index (Phi) is 5.44. The van der Waals surface area contributed by atoms with Crippen molar-refractivity contribution in [2.24, 2.45) is 0 Å². The minimum atomic E-state index is -3.81. The fourth-order valence-corrected chi connectivity index (χ4v) is 7.40. The number of anilines is 1. The maximum absolute atomic E-state index is 13.6. The van der Waals surface area contributed by atoms with Gasteiger partial charge in [-0.2, -0.15) is 5.10 Å². The molecule has 0 spiro atoms. The predicted octanol–water partition coefficient (Wildman–Crippen LogP) is 4.00. The zero-order valence-corrected chi connectivity index (χ0v) is 21.1. The number of sulfonamides is 1. The summed E-state index contributed by atoms with van der Waals surface area (Å²) < 4.78 is 32.2. The van der Waals surface area contributed by atoms with Gasteiger partial charge in [0, 0.05) is 35.1 Å². The van der Waals surface area contributed by atoms with Crippen molar-refractivity contribution in [2.45, 2.75) is 45.6 Å². The van der Waals surface area contributed by atoms with Crippen LogP contribution in [0.1, 0.15) is 38.7 Å². The standard InChI is InChI=1S/C24H25N5O3S2/c1-15-13-20(17(3)29(15)24-25-10-12-33-24)22(30)14-27-18(4)23(16(2)26-27)34(31,32)28-11-9-19-7-5-6-8-21(19)28/h5-8,10,12-13H,9,11,14H2,1-4H3. The summed E-state index contributed by atoms with van der Waals surface area (Å²) >= 11 is 1.50. The predicted molar refractivity (Wildman–Crippen MR) is 132 cm³/mol. The SMILES string of the molecule is Cc1nn(CC(=O)c2cc(C)n(-c3nccs3)c2C)c(C)c1S(=O)(=O)N1CCc2ccccc21. The molecule has 0 aliphatic carbocycles. The van der Waals surface area contributed by atoms with Gasteiger partial charge in [0.05, 0.1) is 17.1 Å². The van der Waals surface area contributed by atoms with Crippen LogP contribution in [-0.2, 0) is 23.0 Å². The van der Waals surface area contributed by atoms with E-state index in [1.54, 1.807) is 20.0 Å². The summed E-state index contributed by atoms with van der Waals surface area (Å²) in [6.45, 7) is 7.57. The monoisotopic (exact) mass is 495 g/mol. The van der Waals surface area contributed by atoms with Crippen molar-refractivity contribution >= 4 is 32.8 Å². The third kappa shape index (κ3) is 3.48. The molecule has 1 aliphatic heterocycles. The molecule has 4 heterocycles. The molecule has 0 fully saturated rings. The van der Waals surface area contributed by atoms with Crippen molar-refractivity contribution < 1.29 is 13.2 Å². The van der Waals surface area contributed by atoms with Gasteiger partial charge in [0.2, 0.25) is 0 Å². The van der Waals surface area contributed by atoms with E-state index in [-0.39, 0.29) is 17.2 Å². The highest BCUT2D eigenvalue weighted by Crippen LogP contribution is 2.34. The Bertz CT molecular complexity index is 1510. The number of thiazole rings is 1. The Morgan fingerprint density at radius 1 is 1.12 bits per heavy atom. The van der Waals surface area contributed by atoms with Crippen molar-refractivity contribution in [3.05, 3.63) is 75.8 Å². The van der Waals surface area contributed by atoms with E-state index in [1.165, 1.54) is 20.3 Å². The molecule has 176 valence electrons. The van der Waals surface area contributed by atoms with Crippen LogP contribution in [0.15, 0.2) is 46.8 Å². The van der Waals surface area contributed by atoms with Gasteiger partial charge in [-0.1, -0.05) is 18.2 Å². The number of para-hydroxylation sites is 1. The first kappa shape index (κ1) is 22.5. The van der Waals surface area contributed by atoms with Gasteiger partial charge in [-0.3, -0.25) is 18.3 Å². The molecule has 1 aromatic carbocycles. The van der Waals surface area contributed by atoms with Crippen molar-refractivity contribution in [1.82, 2.24) is 19.3 Å². The van der Waals surface area contributed by atoms with Gasteiger partial charge in [0.15, 0.2) is 10.9 Å². The van der Waals surface area contributed by atoms with Crippen molar-refractivity contribution in [3.8, 4) is 5.13 Å². The number of hydrogen-bond donors (Lipinski definition) is 0. The number of ketones is 1. The number of aromatic nitrogens is 4. The highest BCUT2D eigenvalue weighted by Gasteiger charge is 2.35. The number of nitrogens with zero attached hydrogens (tertiary/aromatic N) is 5. The number of fused-ring (bicyclic) bond motifs is 1. The van der Waals surface area contributed by atoms with Crippen molar-refractivity contribution in [2.75, 3.05) is 10.8 Å². The molecule has 0 unspecified atom stereocenters. The van der Waals surface area contributed by atoms with Crippen LogP contribution < -0.4 is 4.31 Å². The Morgan fingerprint density at radius 2 is 1.88 bits per heavy atom. The Balaban J connectivity index is 1.47. The molecular weight excluding hydrogens is 470 g/mol. The summed E-state index contributed by atoms with van der Waals surface area (Å²) in [5, 5.41) is 7.15. The lowest BCUT2D eigenvalue weighted by atomic mass is 10.1. The lowest BCUT2D eigenvalue weighted by Gasteiger charge is -2.19. The van der Waals surface area contributed by atoms with E-state index in [2.05, 4.69) is 10.1 Å². The van der Waals surface area contributed by atoms with Crippen LogP contribution in [0.25, 0.3) is 5.13 Å². The molecule has 1 aliphatic rings. The molecule has 3 aromatic heterocycles. The summed E-state index contributed by atoms with van der Waals surface area (Å²) in [6.07, 6.45) is 2.41. The third-order valence-corrected chi connectivity index (χ3v) is 9.17. The van der Waals surface area contributed by atoms with Gasteiger partial charge in [0.1, 0.15) is 11.4 Å². The van der Waals surface area contributed by atoms with E-state index >= 15 is 0 Å². The first-order chi connectivity index (χ1) is 16.2. The van der Waals surface area contributed by atoms with Crippen LogP contribution in [0.5, 0.6) is 0 Å². The maximum atomic E-state index is 13.6. The fraction of sp³-hybridized carbons (Fsp3) is 0.292. The van der Waals surface area contributed by atoms with Gasteiger partial charge in [0.25, 0.3) is 10.0 Å². The number of rotatable bonds is 6. The minimum Gasteiger partial charge on any atom is -0.294 e. The molecular formula is C24H25N5O3S2. The first-order valence-electron chi connectivity index (χ1n) is 11.0. The quantitative estimate of drug-likeness (QED) is 0.377. The van der Waals surface area contributed by atoms with E-state index < -0.39 is 10.0 Å². The van der Waals surface area contributed by atoms with Crippen LogP contribution in [0.2, 0.25) is 0 Å². The van der Waals surface area contributed by atoms with Crippen LogP contribution in [0.3, 0.4) is 0 Å². The topological polar surface area (TPSA) is 90.1 Å². The van der Waals surface area contributed by atoms with E-state index in [0.717, 1.165) is 22.1 Å². The zero-order chi connectivity index (χ0) is 24.2. The summed E-state index contributed by atoms with van der Waals surface area (Å²) in [5.41, 5.74) is 4.88. The second-order valence-corrected chi connectivity index (χ2v) is 11.1. The van der Waals surface area contributed by atoms with Gasteiger partial charge in [-0.15, -0.1) is 11.3 Å². The van der Waals surface area contributed by atoms with Crippen molar-refractivity contribution in [3.63, 3.8) is 0 Å². The number of hydrogen-bond acceptors (Lipinski definition) is 6. The molecule has 0 saturated carbocycles. The second-order valence-electron chi connectivity index (χ2n) is 8.47. The highest BCUT2D eigenvalue weighted by molar-refractivity contribution is 7.93. The number of Topliss-reactive ketones (excluding diaryl/α,β-unsaturated/α-hetero) is 1. The molecule has 0 radical (unpaired) electrons. The number of benzene rings is 1. The maximum Gasteiger partial charge on any atom is 0.268 e. The van der Waals surface area contributed by atoms with Crippen molar-refractivity contribution in [1.29, 1.82) is 0 Å². The molecule has 0 N–H and O–H groups in total. The molecule has 0 amide bonds.